The van der Waals surface area contributed by atoms with Gasteiger partial charge in [-0.15, -0.1) is 0 Å². The van der Waals surface area contributed by atoms with Crippen LogP contribution in [0.15, 0.2) is 49.2 Å². The molecule has 1 aromatic heterocycles. The number of ether oxygens (including phenoxy) is 1. The Morgan fingerprint density at radius 3 is 2.58 bits per heavy atom. The Morgan fingerprint density at radius 2 is 2.00 bits per heavy atom. The number of benzene rings is 1. The van der Waals surface area contributed by atoms with Crippen molar-refractivity contribution in [2.75, 3.05) is 13.7 Å². The molecule has 136 valence electrons. The summed E-state index contributed by atoms with van der Waals surface area (Å²) in [7, 11) is 1.89. The van der Waals surface area contributed by atoms with E-state index in [-0.39, 0.29) is 17.6 Å². The third-order valence-electron chi connectivity index (χ3n) is 4.99. The van der Waals surface area contributed by atoms with Crippen LogP contribution in [0.4, 0.5) is 0 Å². The zero-order chi connectivity index (χ0) is 18.7. The quantitative estimate of drug-likeness (QED) is 0.820. The van der Waals surface area contributed by atoms with E-state index in [0.717, 1.165) is 29.7 Å². The molecule has 1 aliphatic rings. The number of pyridine rings is 1. The second kappa shape index (κ2) is 7.42. The van der Waals surface area contributed by atoms with Crippen LogP contribution in [-0.4, -0.2) is 41.1 Å². The maximum absolute atomic E-state index is 12.8. The maximum Gasteiger partial charge on any atom is 0.253 e. The van der Waals surface area contributed by atoms with Gasteiger partial charge in [-0.05, 0) is 50.5 Å². The molecule has 1 aliphatic heterocycles. The molecule has 1 atom stereocenters. The van der Waals surface area contributed by atoms with Gasteiger partial charge in [0.15, 0.2) is 0 Å². The van der Waals surface area contributed by atoms with Gasteiger partial charge in [0.1, 0.15) is 0 Å². The molecule has 1 fully saturated rings. The Labute approximate surface area is 155 Å². The minimum absolute atomic E-state index is 0.0502. The number of aromatic nitrogens is 1. The van der Waals surface area contributed by atoms with Crippen molar-refractivity contribution in [1.82, 2.24) is 9.88 Å². The fourth-order valence-corrected chi connectivity index (χ4v) is 3.38. The Balaban J connectivity index is 1.72. The second-order valence-electron chi connectivity index (χ2n) is 7.43. The molecule has 0 N–H and O–H groups in total. The van der Waals surface area contributed by atoms with Crippen LogP contribution in [0.1, 0.15) is 42.6 Å². The first kappa shape index (κ1) is 18.3. The Bertz CT molecular complexity index is 779. The van der Waals surface area contributed by atoms with Crippen LogP contribution in [0.25, 0.3) is 17.3 Å². The van der Waals surface area contributed by atoms with Crippen LogP contribution < -0.4 is 0 Å². The number of carbonyl (C=O) groups excluding carboxylic acids is 1. The van der Waals surface area contributed by atoms with Crippen LogP contribution >= 0.6 is 0 Å². The number of nitrogens with zero attached hydrogens (tertiary/aromatic N) is 2. The molecule has 1 amide bonds. The highest BCUT2D eigenvalue weighted by Gasteiger charge is 2.32. The summed E-state index contributed by atoms with van der Waals surface area (Å²) >= 11 is 0. The molecule has 0 saturated carbocycles. The van der Waals surface area contributed by atoms with E-state index in [1.165, 1.54) is 0 Å². The third-order valence-corrected chi connectivity index (χ3v) is 4.99. The third kappa shape index (κ3) is 4.02. The van der Waals surface area contributed by atoms with Crippen molar-refractivity contribution in [3.05, 3.63) is 60.3 Å². The van der Waals surface area contributed by atoms with Gasteiger partial charge in [-0.25, -0.2) is 0 Å². The molecule has 1 aromatic carbocycles. The molecule has 0 spiro atoms. The normalized spacial score (nSPS) is 19.0. The lowest BCUT2D eigenvalue weighted by atomic mass is 9.92. The fourth-order valence-electron chi connectivity index (χ4n) is 3.38. The van der Waals surface area contributed by atoms with Crippen LogP contribution in [0.3, 0.4) is 0 Å². The zero-order valence-corrected chi connectivity index (χ0v) is 15.7. The van der Waals surface area contributed by atoms with E-state index in [1.54, 1.807) is 12.3 Å². The highest BCUT2D eigenvalue weighted by molar-refractivity contribution is 5.94. The van der Waals surface area contributed by atoms with E-state index in [9.17, 15) is 4.79 Å². The van der Waals surface area contributed by atoms with Gasteiger partial charge < -0.3 is 9.64 Å². The summed E-state index contributed by atoms with van der Waals surface area (Å²) in [6, 6.07) is 11.8. The van der Waals surface area contributed by atoms with Gasteiger partial charge in [0.25, 0.3) is 5.91 Å². The van der Waals surface area contributed by atoms with E-state index in [4.69, 9.17) is 4.74 Å². The van der Waals surface area contributed by atoms with Gasteiger partial charge in [-0.1, -0.05) is 30.9 Å². The topological polar surface area (TPSA) is 42.4 Å². The van der Waals surface area contributed by atoms with Crippen LogP contribution in [0, 0.1) is 0 Å². The predicted molar refractivity (Wildman–Crippen MR) is 105 cm³/mol. The lowest BCUT2D eigenvalue weighted by Gasteiger charge is -2.39. The van der Waals surface area contributed by atoms with Crippen molar-refractivity contribution < 1.29 is 9.53 Å². The summed E-state index contributed by atoms with van der Waals surface area (Å²) in [6.07, 6.45) is 5.30. The highest BCUT2D eigenvalue weighted by atomic mass is 16.5. The second-order valence-corrected chi connectivity index (χ2v) is 7.43. The molecule has 0 aliphatic carbocycles. The molecular formula is C22H26N2O2. The summed E-state index contributed by atoms with van der Waals surface area (Å²) in [5.41, 5.74) is 3.39. The number of hydrogen-bond acceptors (Lipinski definition) is 3. The first-order valence-corrected chi connectivity index (χ1v) is 9.00. The summed E-state index contributed by atoms with van der Waals surface area (Å²) in [5, 5.41) is 0. The van der Waals surface area contributed by atoms with Crippen molar-refractivity contribution >= 4 is 12.0 Å². The molecule has 0 bridgehead atoms. The summed E-state index contributed by atoms with van der Waals surface area (Å²) in [5.74, 6) is 0.0502. The monoisotopic (exact) mass is 350 g/mol. The maximum atomic E-state index is 12.8. The Hall–Kier alpha value is -2.46. The van der Waals surface area contributed by atoms with E-state index in [1.807, 2.05) is 48.3 Å². The molecule has 3 rings (SSSR count). The molecule has 2 aromatic rings. The molecule has 26 heavy (non-hydrogen) atoms. The average molecular weight is 350 g/mol. The minimum atomic E-state index is -0.176. The van der Waals surface area contributed by atoms with Crippen molar-refractivity contribution in [2.45, 2.75) is 38.3 Å². The molecule has 2 heterocycles. The SMILES string of the molecule is C=Cc1ccc(-c2ccc(C(=O)N(C)[C@H]3CCOC(C)(C)C3)cc2)nc1. The number of rotatable bonds is 4. The number of hydrogen-bond donors (Lipinski definition) is 0. The first-order valence-electron chi connectivity index (χ1n) is 9.00. The molecule has 4 nitrogen and oxygen atoms in total. The smallest absolute Gasteiger partial charge is 0.253 e. The Morgan fingerprint density at radius 1 is 1.27 bits per heavy atom. The standard InChI is InChI=1S/C22H26N2O2/c1-5-16-6-11-20(23-15-16)17-7-9-18(10-8-17)21(25)24(4)19-12-13-26-22(2,3)14-19/h5-11,15,19H,1,12-14H2,2-4H3/t19-/m0/s1. The van der Waals surface area contributed by atoms with E-state index >= 15 is 0 Å². The summed E-state index contributed by atoms with van der Waals surface area (Å²) in [4.78, 5) is 19.1. The predicted octanol–water partition coefficient (Wildman–Crippen LogP) is 4.42. The first-order chi connectivity index (χ1) is 12.4. The van der Waals surface area contributed by atoms with Crippen LogP contribution in [0.2, 0.25) is 0 Å². The molecule has 4 heteroatoms. The molecule has 0 unspecified atom stereocenters. The molecular weight excluding hydrogens is 324 g/mol. The van der Waals surface area contributed by atoms with Crippen molar-refractivity contribution in [3.63, 3.8) is 0 Å². The molecule has 1 saturated heterocycles. The van der Waals surface area contributed by atoms with Crippen LogP contribution in [-0.2, 0) is 4.74 Å². The Kier molecular flexibility index (Phi) is 5.23. The number of amides is 1. The lowest BCUT2D eigenvalue weighted by Crippen LogP contribution is -2.46. The van der Waals surface area contributed by atoms with Gasteiger partial charge in [0.2, 0.25) is 0 Å². The average Bonchev–Trinajstić information content (AvgIpc) is 2.66. The van der Waals surface area contributed by atoms with E-state index in [2.05, 4.69) is 25.4 Å². The lowest BCUT2D eigenvalue weighted by molar-refractivity contribution is -0.0756. The minimum Gasteiger partial charge on any atom is -0.375 e. The van der Waals surface area contributed by atoms with Gasteiger partial charge in [-0.3, -0.25) is 9.78 Å². The van der Waals surface area contributed by atoms with Gasteiger partial charge in [0.05, 0.1) is 11.3 Å². The van der Waals surface area contributed by atoms with Crippen molar-refractivity contribution in [3.8, 4) is 11.3 Å². The highest BCUT2D eigenvalue weighted by Crippen LogP contribution is 2.28. The fraction of sp³-hybridized carbons (Fsp3) is 0.364. The number of carbonyl (C=O) groups is 1. The van der Waals surface area contributed by atoms with Gasteiger partial charge in [-0.2, -0.15) is 0 Å². The summed E-state index contributed by atoms with van der Waals surface area (Å²) in [6.45, 7) is 8.59. The van der Waals surface area contributed by atoms with Crippen molar-refractivity contribution in [1.29, 1.82) is 0 Å². The van der Waals surface area contributed by atoms with E-state index in [0.29, 0.717) is 12.2 Å². The molecule has 0 radical (unpaired) electrons. The van der Waals surface area contributed by atoms with E-state index < -0.39 is 0 Å². The van der Waals surface area contributed by atoms with Crippen molar-refractivity contribution in [2.24, 2.45) is 0 Å². The summed E-state index contributed by atoms with van der Waals surface area (Å²) < 4.78 is 5.76. The zero-order valence-electron chi connectivity index (χ0n) is 15.7. The van der Waals surface area contributed by atoms with Gasteiger partial charge >= 0.3 is 0 Å². The van der Waals surface area contributed by atoms with Crippen LogP contribution in [0.5, 0.6) is 0 Å². The largest absolute Gasteiger partial charge is 0.375 e. The van der Waals surface area contributed by atoms with Gasteiger partial charge in [0, 0.05) is 37.0 Å².